The van der Waals surface area contributed by atoms with Gasteiger partial charge in [0.05, 0.1) is 5.41 Å². The number of rotatable bonds is 0. The summed E-state index contributed by atoms with van der Waals surface area (Å²) < 4.78 is 6.01. The molecule has 0 aromatic heterocycles. The van der Waals surface area contributed by atoms with E-state index < -0.39 is 0 Å². The summed E-state index contributed by atoms with van der Waals surface area (Å²) in [6.45, 7) is 4.34. The van der Waals surface area contributed by atoms with Crippen LogP contribution in [0.15, 0.2) is 42.5 Å². The summed E-state index contributed by atoms with van der Waals surface area (Å²) >= 11 is 0. The molecule has 1 heterocycles. The first kappa shape index (κ1) is 8.78. The molecule has 0 spiro atoms. The summed E-state index contributed by atoms with van der Waals surface area (Å²) in [7, 11) is 0. The standard InChI is InChI=1S/C14H14O/c1-10-6-5-7-11-13(10)15-12-8-3-4-9-14(11,12)2/h3-9,12H,1-2H3. The van der Waals surface area contributed by atoms with E-state index in [1.54, 1.807) is 0 Å². The van der Waals surface area contributed by atoms with Crippen molar-refractivity contribution in [1.29, 1.82) is 0 Å². The molecule has 2 aliphatic rings. The Labute approximate surface area is 90.1 Å². The zero-order chi connectivity index (χ0) is 10.5. The number of fused-ring (bicyclic) bond motifs is 3. The second-order valence-electron chi connectivity index (χ2n) is 4.52. The van der Waals surface area contributed by atoms with Crippen LogP contribution < -0.4 is 4.74 Å². The summed E-state index contributed by atoms with van der Waals surface area (Å²) in [5.41, 5.74) is 2.56. The Morgan fingerprint density at radius 3 is 3.00 bits per heavy atom. The third-order valence-corrected chi connectivity index (χ3v) is 3.47. The average Bonchev–Trinajstić information content (AvgIpc) is 2.53. The van der Waals surface area contributed by atoms with Crippen LogP contribution in [0.25, 0.3) is 0 Å². The maximum atomic E-state index is 6.01. The fourth-order valence-corrected chi connectivity index (χ4v) is 2.48. The molecule has 1 aromatic rings. The molecule has 1 aliphatic carbocycles. The topological polar surface area (TPSA) is 9.23 Å². The molecular weight excluding hydrogens is 184 g/mol. The van der Waals surface area contributed by atoms with Gasteiger partial charge in [-0.15, -0.1) is 0 Å². The van der Waals surface area contributed by atoms with Crippen LogP contribution in [0.4, 0.5) is 0 Å². The van der Waals surface area contributed by atoms with Crippen molar-refractivity contribution in [3.05, 3.63) is 53.6 Å². The zero-order valence-corrected chi connectivity index (χ0v) is 9.03. The lowest BCUT2D eigenvalue weighted by Crippen LogP contribution is -2.32. The highest BCUT2D eigenvalue weighted by Gasteiger charge is 2.43. The van der Waals surface area contributed by atoms with Crippen molar-refractivity contribution >= 4 is 0 Å². The molecule has 0 fully saturated rings. The van der Waals surface area contributed by atoms with E-state index in [1.807, 2.05) is 0 Å². The normalized spacial score (nSPS) is 30.9. The van der Waals surface area contributed by atoms with Crippen molar-refractivity contribution < 1.29 is 4.74 Å². The Balaban J connectivity index is 2.24. The maximum Gasteiger partial charge on any atom is 0.130 e. The van der Waals surface area contributed by atoms with Crippen LogP contribution in [-0.4, -0.2) is 6.10 Å². The fourth-order valence-electron chi connectivity index (χ4n) is 2.48. The first-order valence-corrected chi connectivity index (χ1v) is 5.34. The third-order valence-electron chi connectivity index (χ3n) is 3.47. The highest BCUT2D eigenvalue weighted by atomic mass is 16.5. The highest BCUT2D eigenvalue weighted by Crippen LogP contribution is 2.46. The van der Waals surface area contributed by atoms with Gasteiger partial charge in [0.2, 0.25) is 0 Å². The van der Waals surface area contributed by atoms with Gasteiger partial charge >= 0.3 is 0 Å². The van der Waals surface area contributed by atoms with E-state index in [2.05, 4.69) is 56.4 Å². The van der Waals surface area contributed by atoms with E-state index >= 15 is 0 Å². The molecule has 0 radical (unpaired) electrons. The number of ether oxygens (including phenoxy) is 1. The predicted molar refractivity (Wildman–Crippen MR) is 61.2 cm³/mol. The summed E-state index contributed by atoms with van der Waals surface area (Å²) in [6, 6.07) is 6.39. The molecule has 1 aromatic carbocycles. The number of benzene rings is 1. The Hall–Kier alpha value is -1.50. The Bertz CT molecular complexity index is 470. The van der Waals surface area contributed by atoms with E-state index in [0.29, 0.717) is 0 Å². The summed E-state index contributed by atoms with van der Waals surface area (Å²) in [4.78, 5) is 0. The second kappa shape index (κ2) is 2.75. The second-order valence-corrected chi connectivity index (χ2v) is 4.52. The predicted octanol–water partition coefficient (Wildman–Crippen LogP) is 3.14. The minimum Gasteiger partial charge on any atom is -0.484 e. The quantitative estimate of drug-likeness (QED) is 0.622. The maximum absolute atomic E-state index is 6.01. The van der Waals surface area contributed by atoms with Gasteiger partial charge in [-0.3, -0.25) is 0 Å². The molecule has 1 nitrogen and oxygen atoms in total. The van der Waals surface area contributed by atoms with Crippen molar-refractivity contribution in [2.24, 2.45) is 0 Å². The lowest BCUT2D eigenvalue weighted by Gasteiger charge is -2.26. The Morgan fingerprint density at radius 2 is 2.13 bits per heavy atom. The minimum absolute atomic E-state index is 0.0239. The molecule has 1 aliphatic heterocycles. The van der Waals surface area contributed by atoms with Gasteiger partial charge in [0.15, 0.2) is 0 Å². The highest BCUT2D eigenvalue weighted by molar-refractivity contribution is 5.54. The van der Waals surface area contributed by atoms with Crippen LogP contribution in [0.2, 0.25) is 0 Å². The van der Waals surface area contributed by atoms with Crippen LogP contribution in [0.5, 0.6) is 5.75 Å². The lowest BCUT2D eigenvalue weighted by atomic mass is 9.76. The van der Waals surface area contributed by atoms with Gasteiger partial charge in [0.1, 0.15) is 11.9 Å². The molecule has 0 amide bonds. The molecule has 0 saturated heterocycles. The lowest BCUT2D eigenvalue weighted by molar-refractivity contribution is 0.227. The molecule has 0 bridgehead atoms. The van der Waals surface area contributed by atoms with Gasteiger partial charge in [-0.25, -0.2) is 0 Å². The molecule has 3 rings (SSSR count). The SMILES string of the molecule is Cc1cccc2c1OC1C=CC=CC21C. The van der Waals surface area contributed by atoms with Crippen LogP contribution in [0.3, 0.4) is 0 Å². The first-order chi connectivity index (χ1) is 7.22. The molecule has 15 heavy (non-hydrogen) atoms. The summed E-state index contributed by atoms with van der Waals surface area (Å²) in [5.74, 6) is 1.07. The molecule has 76 valence electrons. The minimum atomic E-state index is 0.0239. The third kappa shape index (κ3) is 1.03. The average molecular weight is 198 g/mol. The van der Waals surface area contributed by atoms with E-state index in [4.69, 9.17) is 4.74 Å². The Kier molecular flexibility index (Phi) is 1.61. The van der Waals surface area contributed by atoms with Gasteiger partial charge in [-0.05, 0) is 25.5 Å². The van der Waals surface area contributed by atoms with Crippen molar-refractivity contribution in [3.8, 4) is 5.75 Å². The van der Waals surface area contributed by atoms with Crippen molar-refractivity contribution in [1.82, 2.24) is 0 Å². The number of allylic oxidation sites excluding steroid dienone is 2. The summed E-state index contributed by atoms with van der Waals surface area (Å²) in [5, 5.41) is 0. The van der Waals surface area contributed by atoms with Gasteiger partial charge in [0.25, 0.3) is 0 Å². The monoisotopic (exact) mass is 198 g/mol. The molecule has 2 atom stereocenters. The summed E-state index contributed by atoms with van der Waals surface area (Å²) in [6.07, 6.45) is 8.71. The molecular formula is C14H14O. The molecule has 1 heteroatoms. The smallest absolute Gasteiger partial charge is 0.130 e. The first-order valence-electron chi connectivity index (χ1n) is 5.34. The van der Waals surface area contributed by atoms with Crippen LogP contribution in [0.1, 0.15) is 18.1 Å². The molecule has 2 unspecified atom stereocenters. The van der Waals surface area contributed by atoms with Gasteiger partial charge < -0.3 is 4.74 Å². The van der Waals surface area contributed by atoms with E-state index in [9.17, 15) is 0 Å². The van der Waals surface area contributed by atoms with Gasteiger partial charge in [-0.2, -0.15) is 0 Å². The number of hydrogen-bond donors (Lipinski definition) is 0. The largest absolute Gasteiger partial charge is 0.484 e. The fraction of sp³-hybridized carbons (Fsp3) is 0.286. The van der Waals surface area contributed by atoms with E-state index in [-0.39, 0.29) is 11.5 Å². The number of hydrogen-bond acceptors (Lipinski definition) is 1. The van der Waals surface area contributed by atoms with Gasteiger partial charge in [0, 0.05) is 5.56 Å². The van der Waals surface area contributed by atoms with Crippen molar-refractivity contribution in [2.75, 3.05) is 0 Å². The Morgan fingerprint density at radius 1 is 1.27 bits per heavy atom. The molecule has 0 saturated carbocycles. The van der Waals surface area contributed by atoms with E-state index in [1.165, 1.54) is 11.1 Å². The van der Waals surface area contributed by atoms with Crippen molar-refractivity contribution in [2.45, 2.75) is 25.4 Å². The van der Waals surface area contributed by atoms with Crippen LogP contribution in [-0.2, 0) is 5.41 Å². The van der Waals surface area contributed by atoms with Crippen LogP contribution in [0, 0.1) is 6.92 Å². The number of para-hydroxylation sites is 1. The van der Waals surface area contributed by atoms with Gasteiger partial charge in [-0.1, -0.05) is 36.4 Å². The molecule has 0 N–H and O–H groups in total. The number of aryl methyl sites for hydroxylation is 1. The zero-order valence-electron chi connectivity index (χ0n) is 9.03. The van der Waals surface area contributed by atoms with E-state index in [0.717, 1.165) is 5.75 Å². The van der Waals surface area contributed by atoms with Crippen molar-refractivity contribution in [3.63, 3.8) is 0 Å². The van der Waals surface area contributed by atoms with Crippen LogP contribution >= 0.6 is 0 Å².